The van der Waals surface area contributed by atoms with Crippen molar-refractivity contribution in [3.05, 3.63) is 41.5 Å². The summed E-state index contributed by atoms with van der Waals surface area (Å²) in [6, 6.07) is 8.03. The molecule has 6 heteroatoms. The van der Waals surface area contributed by atoms with Crippen molar-refractivity contribution in [2.75, 3.05) is 18.9 Å². The van der Waals surface area contributed by atoms with Crippen LogP contribution in [-0.2, 0) is 20.7 Å². The van der Waals surface area contributed by atoms with Crippen LogP contribution in [0.25, 0.3) is 6.08 Å². The van der Waals surface area contributed by atoms with Crippen molar-refractivity contribution in [1.82, 2.24) is 4.90 Å². The van der Waals surface area contributed by atoms with Gasteiger partial charge in [-0.3, -0.25) is 4.79 Å². The molecule has 1 unspecified atom stereocenters. The largest absolute Gasteiger partial charge is 0.463 e. The third-order valence-corrected chi connectivity index (χ3v) is 6.98. The minimum atomic E-state index is -0.594. The Hall–Kier alpha value is -1.79. The fourth-order valence-corrected chi connectivity index (χ4v) is 5.26. The number of carbonyl (C=O) groups excluding carboxylic acids is 2. The van der Waals surface area contributed by atoms with E-state index in [0.29, 0.717) is 25.3 Å². The number of amides is 1. The van der Waals surface area contributed by atoms with Gasteiger partial charge in [0.25, 0.3) is 0 Å². The van der Waals surface area contributed by atoms with Crippen molar-refractivity contribution < 1.29 is 19.4 Å². The number of benzene rings is 1. The Morgan fingerprint density at radius 2 is 2.00 bits per heavy atom. The number of nitrogens with zero attached hydrogens (tertiary/aromatic N) is 1. The predicted molar refractivity (Wildman–Crippen MR) is 116 cm³/mol. The van der Waals surface area contributed by atoms with Crippen molar-refractivity contribution >= 4 is 29.7 Å². The van der Waals surface area contributed by atoms with Gasteiger partial charge in [0.15, 0.2) is 0 Å². The molecule has 0 bridgehead atoms. The fraction of sp³-hybridized carbons (Fsp3) is 0.565. The summed E-state index contributed by atoms with van der Waals surface area (Å²) in [6.45, 7) is 2.78. The van der Waals surface area contributed by atoms with E-state index in [1.54, 1.807) is 24.8 Å². The summed E-state index contributed by atoms with van der Waals surface area (Å²) in [6.07, 6.45) is 9.72. The average molecular weight is 418 g/mol. The summed E-state index contributed by atoms with van der Waals surface area (Å²) >= 11 is 1.68. The van der Waals surface area contributed by atoms with Crippen LogP contribution in [-0.4, -0.2) is 51.8 Å². The smallest absolute Gasteiger partial charge is 0.330 e. The summed E-state index contributed by atoms with van der Waals surface area (Å²) in [5.41, 5.74) is 1.50. The Labute approximate surface area is 177 Å². The molecule has 29 heavy (non-hydrogen) atoms. The molecule has 1 aliphatic carbocycles. The third-order valence-electron chi connectivity index (χ3n) is 5.76. The molecule has 1 atom stereocenters. The van der Waals surface area contributed by atoms with Gasteiger partial charge in [-0.2, -0.15) is 0 Å². The van der Waals surface area contributed by atoms with Crippen LogP contribution in [0.2, 0.25) is 0 Å². The van der Waals surface area contributed by atoms with Crippen LogP contribution in [0.1, 0.15) is 56.6 Å². The van der Waals surface area contributed by atoms with E-state index in [1.165, 1.54) is 12.5 Å². The normalized spacial score (nSPS) is 21.7. The first-order chi connectivity index (χ1) is 14.0. The van der Waals surface area contributed by atoms with Gasteiger partial charge in [-0.15, -0.1) is 11.8 Å². The summed E-state index contributed by atoms with van der Waals surface area (Å²) in [7, 11) is 0. The molecule has 5 nitrogen and oxygen atoms in total. The van der Waals surface area contributed by atoms with Crippen molar-refractivity contribution in [3.63, 3.8) is 0 Å². The number of carbonyl (C=O) groups is 2. The lowest BCUT2D eigenvalue weighted by molar-refractivity contribution is -0.137. The van der Waals surface area contributed by atoms with Crippen LogP contribution in [0.5, 0.6) is 0 Å². The molecule has 1 saturated heterocycles. The SMILES string of the molecule is CCOC(=O)C=Cc1ccc(CC2SCC(=O)N2CCC2(O)CCCCC2)cc1. The van der Waals surface area contributed by atoms with Crippen LogP contribution in [0, 0.1) is 0 Å². The van der Waals surface area contributed by atoms with E-state index in [9.17, 15) is 14.7 Å². The molecular formula is C23H31NO4S. The molecule has 1 aromatic rings. The highest BCUT2D eigenvalue weighted by Crippen LogP contribution is 2.34. The van der Waals surface area contributed by atoms with Gasteiger partial charge in [-0.25, -0.2) is 4.79 Å². The molecule has 0 spiro atoms. The molecule has 1 amide bonds. The van der Waals surface area contributed by atoms with Gasteiger partial charge < -0.3 is 14.7 Å². The van der Waals surface area contributed by atoms with Crippen molar-refractivity contribution in [3.8, 4) is 0 Å². The molecule has 1 aliphatic heterocycles. The Balaban J connectivity index is 1.55. The predicted octanol–water partition coefficient (Wildman–Crippen LogP) is 3.79. The van der Waals surface area contributed by atoms with Crippen LogP contribution < -0.4 is 0 Å². The zero-order valence-corrected chi connectivity index (χ0v) is 18.0. The number of thioether (sulfide) groups is 1. The van der Waals surface area contributed by atoms with Gasteiger partial charge in [0.1, 0.15) is 0 Å². The topological polar surface area (TPSA) is 66.8 Å². The molecule has 158 valence electrons. The second kappa shape index (κ2) is 10.3. The number of ether oxygens (including phenoxy) is 1. The minimum Gasteiger partial charge on any atom is -0.463 e. The minimum absolute atomic E-state index is 0.121. The molecule has 2 aliphatic rings. The maximum absolute atomic E-state index is 12.4. The van der Waals surface area contributed by atoms with Gasteiger partial charge in [0.05, 0.1) is 23.3 Å². The maximum atomic E-state index is 12.4. The van der Waals surface area contributed by atoms with Gasteiger partial charge in [-0.05, 0) is 43.4 Å². The van der Waals surface area contributed by atoms with Crippen LogP contribution in [0.15, 0.2) is 30.3 Å². The number of esters is 1. The van der Waals surface area contributed by atoms with Crippen molar-refractivity contribution in [2.45, 2.75) is 62.8 Å². The lowest BCUT2D eigenvalue weighted by Gasteiger charge is -2.34. The molecule has 2 fully saturated rings. The van der Waals surface area contributed by atoms with Crippen LogP contribution >= 0.6 is 11.8 Å². The number of hydrogen-bond acceptors (Lipinski definition) is 5. The van der Waals surface area contributed by atoms with Gasteiger partial charge in [-0.1, -0.05) is 43.5 Å². The van der Waals surface area contributed by atoms with Gasteiger partial charge in [0.2, 0.25) is 5.91 Å². The lowest BCUT2D eigenvalue weighted by atomic mass is 9.82. The van der Waals surface area contributed by atoms with E-state index in [0.717, 1.165) is 43.2 Å². The fourth-order valence-electron chi connectivity index (χ4n) is 4.05. The van der Waals surface area contributed by atoms with E-state index in [1.807, 2.05) is 29.2 Å². The van der Waals surface area contributed by atoms with Crippen molar-refractivity contribution in [1.29, 1.82) is 0 Å². The Morgan fingerprint density at radius 3 is 2.69 bits per heavy atom. The molecule has 0 radical (unpaired) electrons. The third kappa shape index (κ3) is 6.34. The Kier molecular flexibility index (Phi) is 7.78. The molecular weight excluding hydrogens is 386 g/mol. The van der Waals surface area contributed by atoms with E-state index >= 15 is 0 Å². The van der Waals surface area contributed by atoms with Crippen molar-refractivity contribution in [2.24, 2.45) is 0 Å². The highest BCUT2D eigenvalue weighted by molar-refractivity contribution is 8.01. The number of hydrogen-bond donors (Lipinski definition) is 1. The van der Waals surface area contributed by atoms with Crippen LogP contribution in [0.4, 0.5) is 0 Å². The summed E-state index contributed by atoms with van der Waals surface area (Å²) in [5.74, 6) is 0.352. The first-order valence-electron chi connectivity index (χ1n) is 10.6. The maximum Gasteiger partial charge on any atom is 0.330 e. The molecule has 0 aromatic heterocycles. The van der Waals surface area contributed by atoms with E-state index in [2.05, 4.69) is 0 Å². The highest BCUT2D eigenvalue weighted by atomic mass is 32.2. The Morgan fingerprint density at radius 1 is 1.28 bits per heavy atom. The first-order valence-corrected chi connectivity index (χ1v) is 11.6. The summed E-state index contributed by atoms with van der Waals surface area (Å²) in [5, 5.41) is 10.9. The average Bonchev–Trinajstić information content (AvgIpc) is 3.06. The molecule has 1 N–H and O–H groups in total. The standard InChI is InChI=1S/C23H31NO4S/c1-2-28-22(26)11-10-18-6-8-19(9-7-18)16-21-24(20(25)17-29-21)15-14-23(27)12-4-3-5-13-23/h6-11,21,27H,2-5,12-17H2,1H3. The quantitative estimate of drug-likeness (QED) is 0.515. The summed E-state index contributed by atoms with van der Waals surface area (Å²) < 4.78 is 4.89. The van der Waals surface area contributed by atoms with Gasteiger partial charge in [0, 0.05) is 19.0 Å². The molecule has 1 saturated carbocycles. The second-order valence-electron chi connectivity index (χ2n) is 7.92. The molecule has 3 rings (SSSR count). The lowest BCUT2D eigenvalue weighted by Crippen LogP contribution is -2.40. The zero-order valence-electron chi connectivity index (χ0n) is 17.1. The molecule has 1 aromatic carbocycles. The second-order valence-corrected chi connectivity index (χ2v) is 9.09. The van der Waals surface area contributed by atoms with E-state index in [4.69, 9.17) is 4.74 Å². The highest BCUT2D eigenvalue weighted by Gasteiger charge is 2.35. The van der Waals surface area contributed by atoms with Gasteiger partial charge >= 0.3 is 5.97 Å². The Bertz CT molecular complexity index is 725. The monoisotopic (exact) mass is 417 g/mol. The zero-order chi connectivity index (χ0) is 20.7. The first kappa shape index (κ1) is 21.9. The van der Waals surface area contributed by atoms with Crippen LogP contribution in [0.3, 0.4) is 0 Å². The number of aliphatic hydroxyl groups is 1. The number of rotatable bonds is 8. The van der Waals surface area contributed by atoms with E-state index in [-0.39, 0.29) is 17.3 Å². The molecule has 1 heterocycles. The summed E-state index contributed by atoms with van der Waals surface area (Å²) in [4.78, 5) is 25.7. The van der Waals surface area contributed by atoms with E-state index < -0.39 is 5.60 Å².